The number of nitrogens with one attached hydrogen (secondary N) is 1. The van der Waals surface area contributed by atoms with E-state index >= 15 is 0 Å². The van der Waals surface area contributed by atoms with Gasteiger partial charge in [-0.25, -0.2) is 0 Å². The maximum Gasteiger partial charge on any atom is 0.258 e. The lowest BCUT2D eigenvalue weighted by atomic mass is 9.96. The van der Waals surface area contributed by atoms with Gasteiger partial charge in [-0.3, -0.25) is 4.79 Å². The minimum atomic E-state index is -1.11. The molecule has 4 nitrogen and oxygen atoms in total. The summed E-state index contributed by atoms with van der Waals surface area (Å²) >= 11 is 0. The van der Waals surface area contributed by atoms with Crippen molar-refractivity contribution in [1.29, 1.82) is 0 Å². The maximum atomic E-state index is 11.9. The Hall–Kier alpha value is -2.33. The molecule has 0 unspecified atom stereocenters. The molecule has 0 bridgehead atoms. The molecule has 0 spiro atoms. The molecule has 0 aliphatic rings. The van der Waals surface area contributed by atoms with Crippen LogP contribution in [0.15, 0.2) is 54.6 Å². The summed E-state index contributed by atoms with van der Waals surface area (Å²) in [6, 6.07) is 16.8. The number of aryl methyl sites for hydroxylation is 1. The van der Waals surface area contributed by atoms with Crippen molar-refractivity contribution in [3.05, 3.63) is 65.7 Å². The Kier molecular flexibility index (Phi) is 5.17. The normalized spacial score (nSPS) is 13.2. The lowest BCUT2D eigenvalue weighted by molar-refractivity contribution is -0.124. The fourth-order valence-electron chi connectivity index (χ4n) is 2.08. The summed E-state index contributed by atoms with van der Waals surface area (Å²) in [5.74, 6) is 0.423. The van der Waals surface area contributed by atoms with Crippen LogP contribution in [0.2, 0.25) is 0 Å². The molecular weight excluding hydrogens is 278 g/mol. The van der Waals surface area contributed by atoms with E-state index in [-0.39, 0.29) is 19.1 Å². The molecule has 1 amide bonds. The third-order valence-electron chi connectivity index (χ3n) is 3.48. The SMILES string of the molecule is Cc1ccccc1OCC(=O)NC[C@@](C)(O)c1ccccc1. The van der Waals surface area contributed by atoms with Gasteiger partial charge in [0.1, 0.15) is 11.4 Å². The highest BCUT2D eigenvalue weighted by Gasteiger charge is 2.23. The monoisotopic (exact) mass is 299 g/mol. The van der Waals surface area contributed by atoms with E-state index in [1.54, 1.807) is 6.92 Å². The molecule has 1 atom stereocenters. The van der Waals surface area contributed by atoms with Crippen molar-refractivity contribution in [1.82, 2.24) is 5.32 Å². The highest BCUT2D eigenvalue weighted by molar-refractivity contribution is 5.77. The Morgan fingerprint density at radius 3 is 2.45 bits per heavy atom. The van der Waals surface area contributed by atoms with E-state index in [1.165, 1.54) is 0 Å². The first-order chi connectivity index (χ1) is 10.5. The standard InChI is InChI=1S/C18H21NO3/c1-14-8-6-7-11-16(14)22-12-17(20)19-13-18(2,21)15-9-4-3-5-10-15/h3-11,21H,12-13H2,1-2H3,(H,19,20)/t18-/m1/s1. The van der Waals surface area contributed by atoms with Crippen LogP contribution in [-0.4, -0.2) is 24.2 Å². The molecule has 2 aromatic rings. The molecule has 2 aromatic carbocycles. The predicted molar refractivity (Wildman–Crippen MR) is 85.7 cm³/mol. The molecule has 0 aromatic heterocycles. The molecule has 0 saturated heterocycles. The second-order valence-electron chi connectivity index (χ2n) is 5.47. The van der Waals surface area contributed by atoms with Crippen LogP contribution in [0.3, 0.4) is 0 Å². The number of para-hydroxylation sites is 1. The number of aliphatic hydroxyl groups is 1. The molecule has 22 heavy (non-hydrogen) atoms. The average Bonchev–Trinajstić information content (AvgIpc) is 2.53. The molecule has 2 N–H and O–H groups in total. The van der Waals surface area contributed by atoms with E-state index in [9.17, 15) is 9.90 Å². The lowest BCUT2D eigenvalue weighted by Crippen LogP contribution is -2.40. The van der Waals surface area contributed by atoms with Gasteiger partial charge in [-0.1, -0.05) is 48.5 Å². The Morgan fingerprint density at radius 2 is 1.77 bits per heavy atom. The minimum absolute atomic E-state index is 0.0737. The number of amides is 1. The maximum absolute atomic E-state index is 11.9. The van der Waals surface area contributed by atoms with Gasteiger partial charge >= 0.3 is 0 Å². The molecular formula is C18H21NO3. The Morgan fingerprint density at radius 1 is 1.14 bits per heavy atom. The van der Waals surface area contributed by atoms with Gasteiger partial charge in [0.05, 0.1) is 6.54 Å². The van der Waals surface area contributed by atoms with Gasteiger partial charge in [-0.2, -0.15) is 0 Å². The number of hydrogen-bond acceptors (Lipinski definition) is 3. The van der Waals surface area contributed by atoms with Gasteiger partial charge < -0.3 is 15.2 Å². The summed E-state index contributed by atoms with van der Waals surface area (Å²) in [6.07, 6.45) is 0. The van der Waals surface area contributed by atoms with Crippen molar-refractivity contribution in [2.24, 2.45) is 0 Å². The van der Waals surface area contributed by atoms with Crippen molar-refractivity contribution in [3.8, 4) is 5.75 Å². The third-order valence-corrected chi connectivity index (χ3v) is 3.48. The smallest absolute Gasteiger partial charge is 0.258 e. The van der Waals surface area contributed by atoms with E-state index < -0.39 is 5.60 Å². The molecule has 0 saturated carbocycles. The number of hydrogen-bond donors (Lipinski definition) is 2. The molecule has 116 valence electrons. The van der Waals surface area contributed by atoms with Crippen molar-refractivity contribution in [2.75, 3.05) is 13.2 Å². The third kappa shape index (κ3) is 4.33. The zero-order valence-corrected chi connectivity index (χ0v) is 12.9. The second-order valence-corrected chi connectivity index (χ2v) is 5.47. The molecule has 0 aliphatic heterocycles. The number of ether oxygens (including phenoxy) is 1. The van der Waals surface area contributed by atoms with Crippen LogP contribution in [0, 0.1) is 6.92 Å². The van der Waals surface area contributed by atoms with E-state index in [2.05, 4.69) is 5.32 Å². The summed E-state index contributed by atoms with van der Waals surface area (Å²) < 4.78 is 5.48. The van der Waals surface area contributed by atoms with Gasteiger partial charge in [-0.15, -0.1) is 0 Å². The molecule has 0 fully saturated rings. The lowest BCUT2D eigenvalue weighted by Gasteiger charge is -2.24. The van der Waals surface area contributed by atoms with Crippen LogP contribution in [-0.2, 0) is 10.4 Å². The summed E-state index contributed by atoms with van der Waals surface area (Å²) in [5, 5.41) is 13.1. The molecule has 0 aliphatic carbocycles. The zero-order chi connectivity index (χ0) is 16.0. The highest BCUT2D eigenvalue weighted by Crippen LogP contribution is 2.19. The number of benzene rings is 2. The predicted octanol–water partition coefficient (Wildman–Crippen LogP) is 2.40. The Labute approximate surface area is 130 Å². The van der Waals surface area contributed by atoms with Crippen molar-refractivity contribution < 1.29 is 14.6 Å². The Balaban J connectivity index is 1.84. The van der Waals surface area contributed by atoms with Crippen molar-refractivity contribution in [3.63, 3.8) is 0 Å². The van der Waals surface area contributed by atoms with Crippen LogP contribution in [0.25, 0.3) is 0 Å². The molecule has 0 heterocycles. The van der Waals surface area contributed by atoms with Gasteiger partial charge in [0.15, 0.2) is 6.61 Å². The first-order valence-corrected chi connectivity index (χ1v) is 7.22. The van der Waals surface area contributed by atoms with Crippen molar-refractivity contribution in [2.45, 2.75) is 19.4 Å². The van der Waals surface area contributed by atoms with E-state index in [0.29, 0.717) is 5.75 Å². The van der Waals surface area contributed by atoms with Gasteiger partial charge in [-0.05, 0) is 31.0 Å². The quantitative estimate of drug-likeness (QED) is 0.861. The fraction of sp³-hybridized carbons (Fsp3) is 0.278. The average molecular weight is 299 g/mol. The van der Waals surface area contributed by atoms with Crippen LogP contribution in [0.4, 0.5) is 0 Å². The number of carbonyl (C=O) groups excluding carboxylic acids is 1. The van der Waals surface area contributed by atoms with Crippen LogP contribution >= 0.6 is 0 Å². The zero-order valence-electron chi connectivity index (χ0n) is 12.9. The first-order valence-electron chi connectivity index (χ1n) is 7.22. The highest BCUT2D eigenvalue weighted by atomic mass is 16.5. The van der Waals surface area contributed by atoms with Gasteiger partial charge in [0.2, 0.25) is 0 Å². The topological polar surface area (TPSA) is 58.6 Å². The summed E-state index contributed by atoms with van der Waals surface area (Å²) in [7, 11) is 0. The number of carbonyl (C=O) groups is 1. The number of rotatable bonds is 6. The van der Waals surface area contributed by atoms with E-state index in [4.69, 9.17) is 4.74 Å². The Bertz CT molecular complexity index is 623. The molecule has 2 rings (SSSR count). The summed E-state index contributed by atoms with van der Waals surface area (Å²) in [4.78, 5) is 11.9. The van der Waals surface area contributed by atoms with E-state index in [0.717, 1.165) is 11.1 Å². The van der Waals surface area contributed by atoms with Crippen LogP contribution < -0.4 is 10.1 Å². The van der Waals surface area contributed by atoms with Crippen LogP contribution in [0.1, 0.15) is 18.1 Å². The van der Waals surface area contributed by atoms with Gasteiger partial charge in [0, 0.05) is 0 Å². The minimum Gasteiger partial charge on any atom is -0.484 e. The summed E-state index contributed by atoms with van der Waals surface area (Å²) in [5.41, 5.74) is 0.626. The van der Waals surface area contributed by atoms with Crippen LogP contribution in [0.5, 0.6) is 5.75 Å². The summed E-state index contributed by atoms with van der Waals surface area (Å²) in [6.45, 7) is 3.65. The van der Waals surface area contributed by atoms with E-state index in [1.807, 2.05) is 61.5 Å². The van der Waals surface area contributed by atoms with Crippen molar-refractivity contribution >= 4 is 5.91 Å². The second kappa shape index (κ2) is 7.09. The first kappa shape index (κ1) is 16.0. The fourth-order valence-corrected chi connectivity index (χ4v) is 2.08. The van der Waals surface area contributed by atoms with Gasteiger partial charge in [0.25, 0.3) is 5.91 Å². The molecule has 4 heteroatoms. The molecule has 0 radical (unpaired) electrons. The largest absolute Gasteiger partial charge is 0.484 e.